The number of hydrogen-bond donors (Lipinski definition) is 1. The predicted octanol–water partition coefficient (Wildman–Crippen LogP) is 7.86. The van der Waals surface area contributed by atoms with Crippen LogP contribution in [0, 0.1) is 5.82 Å². The molecule has 9 heteroatoms. The Labute approximate surface area is 245 Å². The number of nitrogens with zero attached hydrogens (tertiary/aromatic N) is 1. The molecule has 1 fully saturated rings. The Bertz CT molecular complexity index is 1510. The maximum absolute atomic E-state index is 14.3. The molecule has 1 saturated heterocycles. The molecule has 1 amide bonds. The molecule has 0 saturated carbocycles. The molecule has 0 radical (unpaired) electrons. The summed E-state index contributed by atoms with van der Waals surface area (Å²) in [5.74, 6) is -2.16. The molecule has 1 heterocycles. The van der Waals surface area contributed by atoms with E-state index in [1.165, 1.54) is 23.1 Å². The molecular weight excluding hydrogens is 576 g/mol. The summed E-state index contributed by atoms with van der Waals surface area (Å²) in [5.41, 5.74) is 2.33. The van der Waals surface area contributed by atoms with Crippen molar-refractivity contribution in [1.29, 1.82) is 0 Å². The number of carboxylic acids is 1. The number of benzene rings is 4. The minimum Gasteiger partial charge on any atom is -0.479 e. The van der Waals surface area contributed by atoms with E-state index < -0.39 is 42.0 Å². The van der Waals surface area contributed by atoms with Crippen LogP contribution in [0.25, 0.3) is 0 Å². The molecule has 4 atom stereocenters. The molecule has 1 aliphatic rings. The number of morpholine rings is 1. The van der Waals surface area contributed by atoms with Gasteiger partial charge in [-0.1, -0.05) is 83.3 Å². The molecule has 1 N–H and O–H groups in total. The summed E-state index contributed by atoms with van der Waals surface area (Å²) in [6, 6.07) is 23.8. The van der Waals surface area contributed by atoms with Crippen molar-refractivity contribution in [2.45, 2.75) is 30.7 Å². The van der Waals surface area contributed by atoms with Crippen molar-refractivity contribution in [3.05, 3.63) is 140 Å². The number of carboxylic acid groups (broad SMARTS) is 1. The number of amides is 1. The van der Waals surface area contributed by atoms with Gasteiger partial charge in [-0.3, -0.25) is 4.79 Å². The van der Waals surface area contributed by atoms with Crippen molar-refractivity contribution in [3.8, 4) is 0 Å². The van der Waals surface area contributed by atoms with E-state index in [4.69, 9.17) is 39.5 Å². The molecule has 0 bridgehead atoms. The lowest BCUT2D eigenvalue weighted by Crippen LogP contribution is -2.54. The summed E-state index contributed by atoms with van der Waals surface area (Å²) in [4.78, 5) is 28.5. The van der Waals surface area contributed by atoms with E-state index in [0.29, 0.717) is 37.3 Å². The number of carbonyl (C=O) groups is 2. The van der Waals surface area contributed by atoms with E-state index >= 15 is 0 Å². The van der Waals surface area contributed by atoms with E-state index in [2.05, 4.69) is 0 Å². The van der Waals surface area contributed by atoms with E-state index in [-0.39, 0.29) is 6.42 Å². The summed E-state index contributed by atoms with van der Waals surface area (Å²) in [7, 11) is 0. The Hall–Kier alpha value is -3.42. The lowest BCUT2D eigenvalue weighted by Gasteiger charge is -2.47. The summed E-state index contributed by atoms with van der Waals surface area (Å²) in [6.07, 6.45) is -1.73. The first-order valence-electron chi connectivity index (χ1n) is 12.4. The fourth-order valence-electron chi connectivity index (χ4n) is 5.02. The normalized spacial score (nSPS) is 19.9. The summed E-state index contributed by atoms with van der Waals surface area (Å²) >= 11 is 18.6. The smallest absolute Gasteiger partial charge is 0.331 e. The van der Waals surface area contributed by atoms with E-state index in [1.807, 2.05) is 0 Å². The zero-order valence-corrected chi connectivity index (χ0v) is 23.2. The fourth-order valence-corrected chi connectivity index (χ4v) is 5.47. The molecule has 5 rings (SSSR count). The third-order valence-corrected chi connectivity index (χ3v) is 7.59. The standard InChI is InChI=1S/C31H23Cl3FNO4/c32-22-10-6-19(7-11-22)27-29(20-8-12-23(33)13-9-20)40-26(16-18-4-14-25(35)15-5-18)30(37)36(27)28(31(38)39)21-2-1-3-24(34)17-21/h1-15,17,26-29H,16H2,(H,38,39)/t26-,27+,28-,29-/m0/s1. The SMILES string of the molecule is O=C(O)[C@H](c1cccc(Cl)c1)N1C(=O)[C@H](Cc2ccc(F)cc2)O[C@@H](c2ccc(Cl)cc2)[C@H]1c1ccc(Cl)cc1. The van der Waals surface area contributed by atoms with Gasteiger partial charge in [0.2, 0.25) is 0 Å². The second-order valence-corrected chi connectivity index (χ2v) is 10.8. The van der Waals surface area contributed by atoms with Crippen LogP contribution in [-0.2, 0) is 20.7 Å². The average Bonchev–Trinajstić information content (AvgIpc) is 2.93. The van der Waals surface area contributed by atoms with Crippen molar-refractivity contribution in [2.24, 2.45) is 0 Å². The second kappa shape index (κ2) is 12.0. The lowest BCUT2D eigenvalue weighted by atomic mass is 9.88. The van der Waals surface area contributed by atoms with Crippen LogP contribution in [0.5, 0.6) is 0 Å². The van der Waals surface area contributed by atoms with Crippen molar-refractivity contribution in [3.63, 3.8) is 0 Å². The third-order valence-electron chi connectivity index (χ3n) is 6.85. The van der Waals surface area contributed by atoms with Crippen LogP contribution in [-0.4, -0.2) is 28.0 Å². The van der Waals surface area contributed by atoms with Gasteiger partial charge in [-0.05, 0) is 70.8 Å². The van der Waals surface area contributed by atoms with Crippen molar-refractivity contribution in [2.75, 3.05) is 0 Å². The topological polar surface area (TPSA) is 66.8 Å². The van der Waals surface area contributed by atoms with Crippen LogP contribution in [0.3, 0.4) is 0 Å². The first kappa shape index (κ1) is 28.1. The molecule has 204 valence electrons. The number of rotatable bonds is 7. The number of aliphatic carboxylic acids is 1. The molecule has 40 heavy (non-hydrogen) atoms. The maximum Gasteiger partial charge on any atom is 0.331 e. The van der Waals surface area contributed by atoms with Crippen LogP contribution >= 0.6 is 34.8 Å². The van der Waals surface area contributed by atoms with Crippen molar-refractivity contribution in [1.82, 2.24) is 4.90 Å². The van der Waals surface area contributed by atoms with Gasteiger partial charge in [-0.15, -0.1) is 0 Å². The number of hydrogen-bond acceptors (Lipinski definition) is 3. The summed E-state index contributed by atoms with van der Waals surface area (Å²) in [5, 5.41) is 11.9. The first-order chi connectivity index (χ1) is 19.2. The van der Waals surface area contributed by atoms with Crippen molar-refractivity contribution < 1.29 is 23.8 Å². The highest BCUT2D eigenvalue weighted by molar-refractivity contribution is 6.31. The summed E-state index contributed by atoms with van der Waals surface area (Å²) in [6.45, 7) is 0. The van der Waals surface area contributed by atoms with Crippen LogP contribution in [0.1, 0.15) is 40.4 Å². The molecule has 0 spiro atoms. The Balaban J connectivity index is 1.69. The van der Waals surface area contributed by atoms with Gasteiger partial charge in [-0.2, -0.15) is 0 Å². The van der Waals surface area contributed by atoms with E-state index in [9.17, 15) is 19.1 Å². The Morgan fingerprint density at radius 3 is 2.02 bits per heavy atom. The molecule has 5 nitrogen and oxygen atoms in total. The van der Waals surface area contributed by atoms with E-state index in [1.54, 1.807) is 78.9 Å². The number of carbonyl (C=O) groups excluding carboxylic acids is 1. The van der Waals surface area contributed by atoms with Crippen LogP contribution in [0.4, 0.5) is 4.39 Å². The Morgan fingerprint density at radius 2 is 1.45 bits per heavy atom. The number of halogens is 4. The van der Waals surface area contributed by atoms with Gasteiger partial charge in [0, 0.05) is 21.5 Å². The highest BCUT2D eigenvalue weighted by atomic mass is 35.5. The molecule has 4 aromatic carbocycles. The van der Waals surface area contributed by atoms with Gasteiger partial charge in [0.25, 0.3) is 5.91 Å². The minimum atomic E-state index is -1.39. The van der Waals surface area contributed by atoms with Gasteiger partial charge in [0.1, 0.15) is 18.0 Å². The second-order valence-electron chi connectivity index (χ2n) is 9.47. The minimum absolute atomic E-state index is 0.106. The third kappa shape index (κ3) is 6.01. The van der Waals surface area contributed by atoms with Gasteiger partial charge < -0.3 is 14.7 Å². The highest BCUT2D eigenvalue weighted by Crippen LogP contribution is 2.47. The molecular formula is C31H23Cl3FNO4. The molecule has 0 aromatic heterocycles. The fraction of sp³-hybridized carbons (Fsp3) is 0.161. The average molecular weight is 599 g/mol. The van der Waals surface area contributed by atoms with Crippen LogP contribution in [0.2, 0.25) is 15.1 Å². The zero-order chi connectivity index (χ0) is 28.4. The van der Waals surface area contributed by atoms with E-state index in [0.717, 1.165) is 0 Å². The molecule has 4 aromatic rings. The van der Waals surface area contributed by atoms with Gasteiger partial charge >= 0.3 is 5.97 Å². The maximum atomic E-state index is 14.3. The van der Waals surface area contributed by atoms with Crippen LogP contribution < -0.4 is 0 Å². The molecule has 0 unspecified atom stereocenters. The van der Waals surface area contributed by atoms with Crippen LogP contribution in [0.15, 0.2) is 97.1 Å². The quantitative estimate of drug-likeness (QED) is 0.235. The summed E-state index contributed by atoms with van der Waals surface area (Å²) < 4.78 is 20.1. The first-order valence-corrected chi connectivity index (χ1v) is 13.6. The Kier molecular flexibility index (Phi) is 8.43. The monoisotopic (exact) mass is 597 g/mol. The molecule has 0 aliphatic carbocycles. The van der Waals surface area contributed by atoms with Gasteiger partial charge in [0.05, 0.1) is 6.04 Å². The lowest BCUT2D eigenvalue weighted by molar-refractivity contribution is -0.184. The molecule has 1 aliphatic heterocycles. The predicted molar refractivity (Wildman–Crippen MR) is 152 cm³/mol. The zero-order valence-electron chi connectivity index (χ0n) is 20.9. The van der Waals surface area contributed by atoms with Crippen molar-refractivity contribution >= 4 is 46.7 Å². The number of ether oxygens (including phenoxy) is 1. The highest BCUT2D eigenvalue weighted by Gasteiger charge is 2.49. The van der Waals surface area contributed by atoms with Gasteiger partial charge in [-0.25, -0.2) is 9.18 Å². The Morgan fingerprint density at radius 1 is 0.850 bits per heavy atom. The van der Waals surface area contributed by atoms with Gasteiger partial charge in [0.15, 0.2) is 6.04 Å². The largest absolute Gasteiger partial charge is 0.479 e.